The van der Waals surface area contributed by atoms with Crippen molar-refractivity contribution in [3.8, 4) is 17.1 Å². The van der Waals surface area contributed by atoms with Gasteiger partial charge in [-0.1, -0.05) is 17.4 Å². The molecule has 0 aliphatic carbocycles. The highest BCUT2D eigenvalue weighted by molar-refractivity contribution is 7.17. The normalized spacial score (nSPS) is 11.5. The summed E-state index contributed by atoms with van der Waals surface area (Å²) in [6, 6.07) is 11.9. The summed E-state index contributed by atoms with van der Waals surface area (Å²) in [6.07, 6.45) is 4.07. The first-order valence-corrected chi connectivity index (χ1v) is 9.20. The van der Waals surface area contributed by atoms with Crippen LogP contribution in [0.5, 0.6) is 5.75 Å². The summed E-state index contributed by atoms with van der Waals surface area (Å²) < 4.78 is 7.26. The molecule has 1 aromatic carbocycles. The molecule has 0 saturated carbocycles. The molecule has 4 rings (SSSR count). The number of fused-ring (bicyclic) bond motifs is 1. The lowest BCUT2D eigenvalue weighted by molar-refractivity contribution is 0.340. The fourth-order valence-electron chi connectivity index (χ4n) is 2.29. The number of benzene rings is 1. The van der Waals surface area contributed by atoms with Gasteiger partial charge in [0.25, 0.3) is 0 Å². The van der Waals surface area contributed by atoms with Crippen LogP contribution in [0.1, 0.15) is 16.8 Å². The molecule has 24 heavy (non-hydrogen) atoms. The molecule has 0 spiro atoms. The van der Waals surface area contributed by atoms with Crippen LogP contribution in [0.2, 0.25) is 0 Å². The largest absolute Gasteiger partial charge is 0.494 e. The van der Waals surface area contributed by atoms with Crippen LogP contribution in [0.25, 0.3) is 28.5 Å². The maximum atomic E-state index is 5.47. The molecule has 0 amide bonds. The van der Waals surface area contributed by atoms with Crippen molar-refractivity contribution in [2.24, 2.45) is 0 Å². The summed E-state index contributed by atoms with van der Waals surface area (Å²) in [5.41, 5.74) is 0.963. The molecule has 0 radical (unpaired) electrons. The van der Waals surface area contributed by atoms with Crippen LogP contribution in [0.15, 0.2) is 41.8 Å². The zero-order chi connectivity index (χ0) is 16.4. The lowest BCUT2D eigenvalue weighted by atomic mass is 10.2. The third-order valence-corrected chi connectivity index (χ3v) is 5.06. The summed E-state index contributed by atoms with van der Waals surface area (Å²) in [4.78, 5) is 1.98. The third-order valence-electron chi connectivity index (χ3n) is 3.36. The predicted molar refractivity (Wildman–Crippen MR) is 98.5 cm³/mol. The second-order valence-electron chi connectivity index (χ2n) is 4.96. The van der Waals surface area contributed by atoms with Gasteiger partial charge < -0.3 is 4.74 Å². The van der Waals surface area contributed by atoms with Crippen LogP contribution >= 0.6 is 22.7 Å². The van der Waals surface area contributed by atoms with Crippen molar-refractivity contribution >= 4 is 39.8 Å². The number of thiophene rings is 1. The van der Waals surface area contributed by atoms with E-state index in [1.165, 1.54) is 16.2 Å². The minimum absolute atomic E-state index is 0.653. The fourth-order valence-corrected chi connectivity index (χ4v) is 3.64. The SMILES string of the molecule is CCOc1ccc(-c2nnc3sc(C=Cc4cccs4)nn23)cc1. The molecule has 0 atom stereocenters. The van der Waals surface area contributed by atoms with Crippen LogP contribution in [0.3, 0.4) is 0 Å². The third kappa shape index (κ3) is 2.95. The van der Waals surface area contributed by atoms with E-state index in [9.17, 15) is 0 Å². The van der Waals surface area contributed by atoms with E-state index in [-0.39, 0.29) is 0 Å². The van der Waals surface area contributed by atoms with Gasteiger partial charge in [0.15, 0.2) is 5.82 Å². The number of hydrogen-bond donors (Lipinski definition) is 0. The Morgan fingerprint density at radius 2 is 2.00 bits per heavy atom. The molecule has 3 aromatic heterocycles. The molecule has 0 fully saturated rings. The van der Waals surface area contributed by atoms with Crippen LogP contribution in [0.4, 0.5) is 0 Å². The Bertz CT molecular complexity index is 968. The van der Waals surface area contributed by atoms with Gasteiger partial charge in [-0.2, -0.15) is 9.61 Å². The maximum absolute atomic E-state index is 5.47. The van der Waals surface area contributed by atoms with Crippen molar-refractivity contribution in [1.82, 2.24) is 19.8 Å². The predicted octanol–water partition coefficient (Wildman–Crippen LogP) is 4.48. The van der Waals surface area contributed by atoms with Crippen molar-refractivity contribution in [1.29, 1.82) is 0 Å². The van der Waals surface area contributed by atoms with Crippen molar-refractivity contribution in [2.75, 3.05) is 6.61 Å². The number of hydrogen-bond acceptors (Lipinski definition) is 6. The second-order valence-corrected chi connectivity index (χ2v) is 6.93. The summed E-state index contributed by atoms with van der Waals surface area (Å²) in [6.45, 7) is 2.62. The molecule has 0 N–H and O–H groups in total. The lowest BCUT2D eigenvalue weighted by Crippen LogP contribution is -1.93. The Morgan fingerprint density at radius 1 is 1.12 bits per heavy atom. The van der Waals surface area contributed by atoms with E-state index in [4.69, 9.17) is 4.74 Å². The van der Waals surface area contributed by atoms with Gasteiger partial charge in [0.1, 0.15) is 10.8 Å². The van der Waals surface area contributed by atoms with Gasteiger partial charge in [-0.3, -0.25) is 0 Å². The summed E-state index contributed by atoms with van der Waals surface area (Å²) in [5, 5.41) is 16.0. The molecule has 3 heterocycles. The van der Waals surface area contributed by atoms with Gasteiger partial charge in [0, 0.05) is 10.4 Å². The van der Waals surface area contributed by atoms with Crippen molar-refractivity contribution in [2.45, 2.75) is 6.92 Å². The Morgan fingerprint density at radius 3 is 2.75 bits per heavy atom. The minimum atomic E-state index is 0.653. The molecule has 0 saturated heterocycles. The van der Waals surface area contributed by atoms with E-state index in [1.807, 2.05) is 43.3 Å². The summed E-state index contributed by atoms with van der Waals surface area (Å²) in [5.74, 6) is 1.58. The minimum Gasteiger partial charge on any atom is -0.494 e. The van der Waals surface area contributed by atoms with E-state index < -0.39 is 0 Å². The highest BCUT2D eigenvalue weighted by atomic mass is 32.1. The average molecular weight is 354 g/mol. The molecule has 0 bridgehead atoms. The van der Waals surface area contributed by atoms with Gasteiger partial charge in [0.05, 0.1) is 6.61 Å². The van der Waals surface area contributed by atoms with Crippen molar-refractivity contribution < 1.29 is 4.74 Å². The molecule has 4 aromatic rings. The van der Waals surface area contributed by atoms with Crippen LogP contribution in [-0.4, -0.2) is 26.4 Å². The fraction of sp³-hybridized carbons (Fsp3) is 0.118. The first kappa shape index (κ1) is 15.0. The highest BCUT2D eigenvalue weighted by Crippen LogP contribution is 2.24. The maximum Gasteiger partial charge on any atom is 0.235 e. The molecule has 0 aliphatic heterocycles. The Labute approximate surface area is 146 Å². The smallest absolute Gasteiger partial charge is 0.235 e. The monoisotopic (exact) mass is 354 g/mol. The number of nitrogens with zero attached hydrogens (tertiary/aromatic N) is 4. The number of ether oxygens (including phenoxy) is 1. The lowest BCUT2D eigenvalue weighted by Gasteiger charge is -2.03. The first-order valence-electron chi connectivity index (χ1n) is 7.50. The number of rotatable bonds is 5. The first-order chi connectivity index (χ1) is 11.8. The quantitative estimate of drug-likeness (QED) is 0.530. The van der Waals surface area contributed by atoms with Crippen molar-refractivity contribution in [3.05, 3.63) is 51.7 Å². The van der Waals surface area contributed by atoms with Crippen molar-refractivity contribution in [3.63, 3.8) is 0 Å². The van der Waals surface area contributed by atoms with Gasteiger partial charge >= 0.3 is 0 Å². The second kappa shape index (κ2) is 6.54. The standard InChI is InChI=1S/C17H14N4OS2/c1-2-22-13-7-5-12(6-8-13)16-18-19-17-21(16)20-15(24-17)10-9-14-4-3-11-23-14/h3-11H,2H2,1H3. The molecule has 7 heteroatoms. The van der Waals surface area contributed by atoms with Crippen LogP contribution in [-0.2, 0) is 0 Å². The van der Waals surface area contributed by atoms with Gasteiger partial charge in [0.2, 0.25) is 4.96 Å². The van der Waals surface area contributed by atoms with Gasteiger partial charge in [-0.05, 0) is 54.8 Å². The van der Waals surface area contributed by atoms with Gasteiger partial charge in [-0.15, -0.1) is 21.5 Å². The van der Waals surface area contributed by atoms with E-state index >= 15 is 0 Å². The Kier molecular flexibility index (Phi) is 4.10. The van der Waals surface area contributed by atoms with E-state index in [0.29, 0.717) is 6.61 Å². The molecule has 120 valence electrons. The van der Waals surface area contributed by atoms with E-state index in [2.05, 4.69) is 32.8 Å². The highest BCUT2D eigenvalue weighted by Gasteiger charge is 2.12. The zero-order valence-electron chi connectivity index (χ0n) is 12.9. The average Bonchev–Trinajstić information content (AvgIpc) is 3.31. The Hall–Kier alpha value is -2.51. The van der Waals surface area contributed by atoms with E-state index in [0.717, 1.165) is 27.1 Å². The molecule has 0 aliphatic rings. The molecular weight excluding hydrogens is 340 g/mol. The summed E-state index contributed by atoms with van der Waals surface area (Å²) in [7, 11) is 0. The topological polar surface area (TPSA) is 52.3 Å². The zero-order valence-corrected chi connectivity index (χ0v) is 14.5. The number of aromatic nitrogens is 4. The van der Waals surface area contributed by atoms with E-state index in [1.54, 1.807) is 15.9 Å². The van der Waals surface area contributed by atoms with Gasteiger partial charge in [-0.25, -0.2) is 0 Å². The van der Waals surface area contributed by atoms with Crippen LogP contribution < -0.4 is 4.74 Å². The molecule has 5 nitrogen and oxygen atoms in total. The molecule has 0 unspecified atom stereocenters. The summed E-state index contributed by atoms with van der Waals surface area (Å²) >= 11 is 3.22. The van der Waals surface area contributed by atoms with Crippen LogP contribution in [0, 0.1) is 0 Å². The Balaban J connectivity index is 1.64. The molecular formula is C17H14N4OS2.